The molecule has 1 unspecified atom stereocenters. The number of rotatable bonds is 10. The molecule has 0 spiro atoms. The summed E-state index contributed by atoms with van der Waals surface area (Å²) in [5, 5.41) is 3.86. The Morgan fingerprint density at radius 3 is 2.07 bits per heavy atom. The maximum absolute atomic E-state index is 14.1. The van der Waals surface area contributed by atoms with E-state index in [1.165, 1.54) is 23.1 Å². The van der Waals surface area contributed by atoms with Crippen LogP contribution in [0.4, 0.5) is 5.69 Å². The van der Waals surface area contributed by atoms with Crippen LogP contribution in [0.5, 0.6) is 0 Å². The molecule has 0 aromatic heterocycles. The van der Waals surface area contributed by atoms with Crippen LogP contribution in [0, 0.1) is 13.8 Å². The highest BCUT2D eigenvalue weighted by Crippen LogP contribution is 2.29. The van der Waals surface area contributed by atoms with Crippen LogP contribution < -0.4 is 9.62 Å². The molecule has 0 aliphatic heterocycles. The van der Waals surface area contributed by atoms with Gasteiger partial charge in [0.05, 0.1) is 10.6 Å². The highest BCUT2D eigenvalue weighted by Gasteiger charge is 2.34. The molecule has 0 saturated carbocycles. The number of aryl methyl sites for hydroxylation is 2. The quantitative estimate of drug-likeness (QED) is 0.280. The fourth-order valence-corrected chi connectivity index (χ4v) is 5.97. The number of anilines is 1. The third-order valence-corrected chi connectivity index (χ3v) is 8.93. The van der Waals surface area contributed by atoms with Crippen LogP contribution in [0.3, 0.4) is 0 Å². The summed E-state index contributed by atoms with van der Waals surface area (Å²) in [6.07, 6.45) is 0.322. The standard InChI is InChI=1S/C31H37Cl2N3O4S/c1-7-28(30(38)34-31(4,5)6)35(19-23-11-13-24(32)14-12-23)29(37)20-36(25-15-10-22(3)27(33)18-25)41(39,40)26-16-8-21(2)9-17-26/h8-18,28H,7,19-20H2,1-6H3,(H,34,38). The largest absolute Gasteiger partial charge is 0.350 e. The molecule has 220 valence electrons. The number of carbonyl (C=O) groups excluding carboxylic acids is 2. The molecule has 0 aliphatic rings. The van der Waals surface area contributed by atoms with Crippen LogP contribution in [0.2, 0.25) is 10.0 Å². The van der Waals surface area contributed by atoms with Gasteiger partial charge in [-0.15, -0.1) is 0 Å². The van der Waals surface area contributed by atoms with Crippen molar-refractivity contribution in [2.45, 2.75) is 71.0 Å². The Morgan fingerprint density at radius 1 is 0.927 bits per heavy atom. The maximum atomic E-state index is 14.1. The number of sulfonamides is 1. The van der Waals surface area contributed by atoms with Crippen molar-refractivity contribution in [1.82, 2.24) is 10.2 Å². The molecule has 0 bridgehead atoms. The van der Waals surface area contributed by atoms with Crippen molar-refractivity contribution in [3.05, 3.63) is 93.5 Å². The Hall–Kier alpha value is -3.07. The Kier molecular flexibility index (Phi) is 10.5. The van der Waals surface area contributed by atoms with E-state index >= 15 is 0 Å². The van der Waals surface area contributed by atoms with Gasteiger partial charge in [-0.25, -0.2) is 8.42 Å². The Labute approximate surface area is 253 Å². The molecule has 41 heavy (non-hydrogen) atoms. The Bertz CT molecular complexity index is 1490. The summed E-state index contributed by atoms with van der Waals surface area (Å²) in [5.41, 5.74) is 2.13. The highest BCUT2D eigenvalue weighted by atomic mass is 35.5. The SMILES string of the molecule is CCC(C(=O)NC(C)(C)C)N(Cc1ccc(Cl)cc1)C(=O)CN(c1ccc(C)c(Cl)c1)S(=O)(=O)c1ccc(C)cc1. The molecule has 10 heteroatoms. The Morgan fingerprint density at radius 2 is 1.54 bits per heavy atom. The lowest BCUT2D eigenvalue weighted by atomic mass is 10.1. The first-order valence-electron chi connectivity index (χ1n) is 13.3. The molecule has 2 amide bonds. The number of hydrogen-bond donors (Lipinski definition) is 1. The van der Waals surface area contributed by atoms with Crippen molar-refractivity contribution in [2.75, 3.05) is 10.8 Å². The summed E-state index contributed by atoms with van der Waals surface area (Å²) >= 11 is 12.5. The fourth-order valence-electron chi connectivity index (χ4n) is 4.26. The molecule has 3 rings (SSSR count). The zero-order valence-corrected chi connectivity index (χ0v) is 26.6. The summed E-state index contributed by atoms with van der Waals surface area (Å²) in [6, 6.07) is 17.4. The maximum Gasteiger partial charge on any atom is 0.264 e. The van der Waals surface area contributed by atoms with Gasteiger partial charge in [0, 0.05) is 22.1 Å². The van der Waals surface area contributed by atoms with E-state index in [1.54, 1.807) is 48.5 Å². The molecule has 1 N–H and O–H groups in total. The number of nitrogens with one attached hydrogen (secondary N) is 1. The summed E-state index contributed by atoms with van der Waals surface area (Å²) in [5.74, 6) is -0.864. The van der Waals surface area contributed by atoms with E-state index in [0.717, 1.165) is 21.0 Å². The van der Waals surface area contributed by atoms with E-state index in [-0.39, 0.29) is 23.0 Å². The van der Waals surface area contributed by atoms with Crippen LogP contribution in [0.25, 0.3) is 0 Å². The lowest BCUT2D eigenvalue weighted by molar-refractivity contribution is -0.141. The van der Waals surface area contributed by atoms with Gasteiger partial charge in [0.2, 0.25) is 11.8 Å². The molecule has 1 atom stereocenters. The van der Waals surface area contributed by atoms with Crippen molar-refractivity contribution in [3.8, 4) is 0 Å². The number of hydrogen-bond acceptors (Lipinski definition) is 4. The lowest BCUT2D eigenvalue weighted by Crippen LogP contribution is -2.55. The number of benzene rings is 3. The van der Waals surface area contributed by atoms with Crippen molar-refractivity contribution < 1.29 is 18.0 Å². The van der Waals surface area contributed by atoms with Crippen LogP contribution in [0.1, 0.15) is 50.8 Å². The number of halogens is 2. The molecule has 0 fully saturated rings. The monoisotopic (exact) mass is 617 g/mol. The second-order valence-corrected chi connectivity index (χ2v) is 13.8. The minimum absolute atomic E-state index is 0.0364. The normalized spacial score (nSPS) is 12.5. The van der Waals surface area contributed by atoms with Gasteiger partial charge in [0.1, 0.15) is 12.6 Å². The van der Waals surface area contributed by atoms with Gasteiger partial charge in [0.25, 0.3) is 10.0 Å². The van der Waals surface area contributed by atoms with Crippen LogP contribution >= 0.6 is 23.2 Å². The van der Waals surface area contributed by atoms with E-state index in [4.69, 9.17) is 23.2 Å². The lowest BCUT2D eigenvalue weighted by Gasteiger charge is -2.35. The topological polar surface area (TPSA) is 86.8 Å². The van der Waals surface area contributed by atoms with Gasteiger partial charge in [-0.1, -0.05) is 66.0 Å². The van der Waals surface area contributed by atoms with Crippen LogP contribution in [0.15, 0.2) is 71.6 Å². The summed E-state index contributed by atoms with van der Waals surface area (Å²) in [6.45, 7) is 10.6. The molecular formula is C31H37Cl2N3O4S. The van der Waals surface area contributed by atoms with Gasteiger partial charge in [0.15, 0.2) is 0 Å². The van der Waals surface area contributed by atoms with Crippen molar-refractivity contribution in [2.24, 2.45) is 0 Å². The van der Waals surface area contributed by atoms with E-state index in [0.29, 0.717) is 16.5 Å². The molecular weight excluding hydrogens is 581 g/mol. The molecule has 0 radical (unpaired) electrons. The van der Waals surface area contributed by atoms with Gasteiger partial charge < -0.3 is 10.2 Å². The minimum Gasteiger partial charge on any atom is -0.350 e. The molecule has 0 saturated heterocycles. The molecule has 7 nitrogen and oxygen atoms in total. The first-order valence-corrected chi connectivity index (χ1v) is 15.5. The predicted octanol–water partition coefficient (Wildman–Crippen LogP) is 6.53. The smallest absolute Gasteiger partial charge is 0.264 e. The average Bonchev–Trinajstić information content (AvgIpc) is 2.89. The summed E-state index contributed by atoms with van der Waals surface area (Å²) < 4.78 is 29.0. The number of carbonyl (C=O) groups is 2. The zero-order valence-electron chi connectivity index (χ0n) is 24.2. The summed E-state index contributed by atoms with van der Waals surface area (Å²) in [7, 11) is -4.18. The van der Waals surface area contributed by atoms with Gasteiger partial charge in [-0.2, -0.15) is 0 Å². The molecule has 0 heterocycles. The van der Waals surface area contributed by atoms with Gasteiger partial charge >= 0.3 is 0 Å². The molecule has 0 aliphatic carbocycles. The van der Waals surface area contributed by atoms with Crippen LogP contribution in [-0.4, -0.2) is 43.3 Å². The fraction of sp³-hybridized carbons (Fsp3) is 0.355. The van der Waals surface area contributed by atoms with Crippen LogP contribution in [-0.2, 0) is 26.2 Å². The van der Waals surface area contributed by atoms with Crippen molar-refractivity contribution in [1.29, 1.82) is 0 Å². The number of amides is 2. The number of nitrogens with zero attached hydrogens (tertiary/aromatic N) is 2. The van der Waals surface area contributed by atoms with Gasteiger partial charge in [-0.05, 0) is 88.6 Å². The zero-order chi connectivity index (χ0) is 30.5. The summed E-state index contributed by atoms with van der Waals surface area (Å²) in [4.78, 5) is 29.0. The van der Waals surface area contributed by atoms with E-state index in [9.17, 15) is 18.0 Å². The van der Waals surface area contributed by atoms with E-state index in [2.05, 4.69) is 5.32 Å². The van der Waals surface area contributed by atoms with Crippen molar-refractivity contribution in [3.63, 3.8) is 0 Å². The van der Waals surface area contributed by atoms with Crippen molar-refractivity contribution >= 4 is 50.7 Å². The molecule has 3 aromatic rings. The first-order chi connectivity index (χ1) is 19.1. The van der Waals surface area contributed by atoms with E-state index < -0.39 is 34.1 Å². The predicted molar refractivity (Wildman–Crippen MR) is 166 cm³/mol. The third kappa shape index (κ3) is 8.47. The average molecular weight is 619 g/mol. The second-order valence-electron chi connectivity index (χ2n) is 11.1. The van der Waals surface area contributed by atoms with Gasteiger partial charge in [-0.3, -0.25) is 13.9 Å². The second kappa shape index (κ2) is 13.3. The third-order valence-electron chi connectivity index (χ3n) is 6.48. The first kappa shape index (κ1) is 32.4. The minimum atomic E-state index is -4.18. The Balaban J connectivity index is 2.09. The molecule has 3 aromatic carbocycles. The highest BCUT2D eigenvalue weighted by molar-refractivity contribution is 7.92. The van der Waals surface area contributed by atoms with E-state index in [1.807, 2.05) is 41.5 Å².